The molecular weight excluding hydrogens is 184 g/mol. The van der Waals surface area contributed by atoms with Crippen molar-refractivity contribution in [3.63, 3.8) is 0 Å². The van der Waals surface area contributed by atoms with Crippen molar-refractivity contribution in [2.45, 2.75) is 11.9 Å². The topological polar surface area (TPSA) is 12.5 Å². The van der Waals surface area contributed by atoms with Crippen LogP contribution < -0.4 is 0 Å². The van der Waals surface area contributed by atoms with Gasteiger partial charge in [-0.2, -0.15) is 0 Å². The maximum absolute atomic E-state index is 5.90. The van der Waals surface area contributed by atoms with Gasteiger partial charge >= 0.3 is 0 Å². The molecule has 0 fully saturated rings. The fourth-order valence-corrected chi connectivity index (χ4v) is 1.35. The summed E-state index contributed by atoms with van der Waals surface area (Å²) in [5, 5.41) is -0.926. The van der Waals surface area contributed by atoms with E-state index in [0.717, 1.165) is 0 Å². The van der Waals surface area contributed by atoms with E-state index in [1.54, 1.807) is 7.11 Å². The van der Waals surface area contributed by atoms with Crippen LogP contribution in [0.2, 0.25) is 0 Å². The van der Waals surface area contributed by atoms with Crippen molar-refractivity contribution in [2.24, 2.45) is 0 Å². The van der Waals surface area contributed by atoms with Crippen LogP contribution in [0.1, 0.15) is 5.56 Å². The summed E-state index contributed by atoms with van der Waals surface area (Å²) in [5.74, 6) is 0. The average molecular weight is 199 g/mol. The summed E-state index contributed by atoms with van der Waals surface area (Å²) < 4.78 is 4.97. The first-order valence-corrected chi connectivity index (χ1v) is 4.88. The van der Waals surface area contributed by atoms with Crippen molar-refractivity contribution in [1.29, 1.82) is 0 Å². The number of hydrogen-bond acceptors (Lipinski definition) is 2. The Balaban J connectivity index is 2.59. The minimum atomic E-state index is -0.926. The Labute approximate surface area is 94.4 Å². The summed E-state index contributed by atoms with van der Waals surface area (Å²) in [4.78, 5) is 1.87. The highest BCUT2D eigenvalue weighted by Gasteiger charge is 2.21. The van der Waals surface area contributed by atoms with Crippen LogP contribution in [0.3, 0.4) is 0 Å². The summed E-state index contributed by atoms with van der Waals surface area (Å²) >= 11 is 0. The minimum absolute atomic E-state index is 0.302. The summed E-state index contributed by atoms with van der Waals surface area (Å²) in [6, 6.07) is 10.1. The van der Waals surface area contributed by atoms with Crippen LogP contribution in [0.5, 0.6) is 0 Å². The smallest absolute Gasteiger partial charge is 0.0855 e. The molecule has 0 aliphatic carbocycles. The first-order valence-electron chi connectivity index (χ1n) is 4.88. The molecule has 0 amide bonds. The van der Waals surface area contributed by atoms with Crippen molar-refractivity contribution in [1.82, 2.24) is 4.90 Å². The Kier molecular flexibility index (Phi) is 4.43. The first-order chi connectivity index (χ1) is 7.06. The van der Waals surface area contributed by atoms with Gasteiger partial charge in [0.2, 0.25) is 0 Å². The molecule has 0 saturated carbocycles. The van der Waals surface area contributed by atoms with Crippen LogP contribution in [0.25, 0.3) is 0 Å². The highest BCUT2D eigenvalue weighted by Crippen LogP contribution is 2.10. The molecule has 0 aliphatic rings. The molecule has 0 aliphatic heterocycles. The van der Waals surface area contributed by atoms with E-state index in [0.29, 0.717) is 13.2 Å². The molecule has 2 nitrogen and oxygen atoms in total. The van der Waals surface area contributed by atoms with E-state index in [1.807, 2.05) is 42.3 Å². The van der Waals surface area contributed by atoms with E-state index in [1.165, 1.54) is 5.56 Å². The summed E-state index contributed by atoms with van der Waals surface area (Å²) in [6.45, 7) is 1.01. The molecule has 1 rings (SSSR count). The van der Waals surface area contributed by atoms with Crippen LogP contribution >= 0.6 is 0 Å². The molecule has 0 spiro atoms. The van der Waals surface area contributed by atoms with E-state index >= 15 is 0 Å². The quantitative estimate of drug-likeness (QED) is 0.648. The van der Waals surface area contributed by atoms with Gasteiger partial charge in [-0.15, -0.1) is 0 Å². The second-order valence-corrected chi connectivity index (χ2v) is 3.77. The fourth-order valence-electron chi connectivity index (χ4n) is 1.35. The molecule has 0 atom stereocenters. The number of likely N-dealkylation sites (N-methyl/N-ethyl adjacent to an activating group) is 1. The van der Waals surface area contributed by atoms with Gasteiger partial charge < -0.3 is 9.64 Å². The number of methoxy groups -OCH3 is 1. The molecule has 4 radical (unpaired) electrons. The molecule has 0 bridgehead atoms. The van der Waals surface area contributed by atoms with Crippen LogP contribution in [0, 0.1) is 0 Å². The summed E-state index contributed by atoms with van der Waals surface area (Å²) in [7, 11) is 15.3. The number of nitrogens with zero attached hydrogens (tertiary/aromatic N) is 1. The van der Waals surface area contributed by atoms with Crippen molar-refractivity contribution in [3.05, 3.63) is 35.9 Å². The van der Waals surface area contributed by atoms with Gasteiger partial charge in [-0.1, -0.05) is 30.3 Å². The third-order valence-electron chi connectivity index (χ3n) is 2.35. The van der Waals surface area contributed by atoms with E-state index in [9.17, 15) is 0 Å². The lowest BCUT2D eigenvalue weighted by molar-refractivity contribution is 0.120. The lowest BCUT2D eigenvalue weighted by Gasteiger charge is -2.36. The molecule has 0 heterocycles. The summed E-state index contributed by atoms with van der Waals surface area (Å²) in [5.41, 5.74) is 1.18. The van der Waals surface area contributed by atoms with Crippen molar-refractivity contribution in [3.8, 4) is 0 Å². The van der Waals surface area contributed by atoms with Gasteiger partial charge in [-0.25, -0.2) is 0 Å². The maximum atomic E-state index is 5.90. The third-order valence-corrected chi connectivity index (χ3v) is 2.35. The lowest BCUT2D eigenvalue weighted by Crippen LogP contribution is -2.50. The Hall–Kier alpha value is -0.730. The third kappa shape index (κ3) is 3.73. The maximum Gasteiger partial charge on any atom is 0.0855 e. The van der Waals surface area contributed by atoms with Crippen molar-refractivity contribution in [2.75, 3.05) is 20.8 Å². The second kappa shape index (κ2) is 5.38. The number of hydrogen-bond donors (Lipinski definition) is 0. The first kappa shape index (κ1) is 12.3. The molecule has 0 saturated heterocycles. The molecular formula is C11H15B2NO. The highest BCUT2D eigenvalue weighted by atomic mass is 16.5. The average Bonchev–Trinajstić information content (AvgIpc) is 2.19. The molecule has 76 valence electrons. The minimum Gasteiger partial charge on any atom is -0.384 e. The van der Waals surface area contributed by atoms with Gasteiger partial charge in [0, 0.05) is 20.3 Å². The Morgan fingerprint density at radius 3 is 2.40 bits per heavy atom. The molecule has 0 aromatic heterocycles. The van der Waals surface area contributed by atoms with Crippen LogP contribution in [-0.4, -0.2) is 46.7 Å². The molecule has 4 heteroatoms. The van der Waals surface area contributed by atoms with Gasteiger partial charge in [0.05, 0.1) is 15.7 Å². The zero-order valence-electron chi connectivity index (χ0n) is 9.31. The highest BCUT2D eigenvalue weighted by molar-refractivity contribution is 6.40. The largest absolute Gasteiger partial charge is 0.384 e. The van der Waals surface area contributed by atoms with E-state index < -0.39 is 5.34 Å². The van der Waals surface area contributed by atoms with Crippen molar-refractivity contribution >= 4 is 15.7 Å². The monoisotopic (exact) mass is 199 g/mol. The predicted molar refractivity (Wildman–Crippen MR) is 64.0 cm³/mol. The van der Waals surface area contributed by atoms with Crippen LogP contribution in [0.4, 0.5) is 0 Å². The SMILES string of the molecule is [B]C([B])(COC)N(C)Cc1ccccc1. The van der Waals surface area contributed by atoms with Crippen LogP contribution in [-0.2, 0) is 11.3 Å². The van der Waals surface area contributed by atoms with Crippen molar-refractivity contribution < 1.29 is 4.74 Å². The lowest BCUT2D eigenvalue weighted by atomic mass is 9.61. The molecule has 0 unspecified atom stereocenters. The van der Waals surface area contributed by atoms with E-state index in [-0.39, 0.29) is 0 Å². The Morgan fingerprint density at radius 1 is 1.27 bits per heavy atom. The number of ether oxygens (including phenoxy) is 1. The zero-order valence-corrected chi connectivity index (χ0v) is 9.31. The van der Waals surface area contributed by atoms with E-state index in [4.69, 9.17) is 20.4 Å². The van der Waals surface area contributed by atoms with E-state index in [2.05, 4.69) is 0 Å². The van der Waals surface area contributed by atoms with Gasteiger partial charge in [0.1, 0.15) is 0 Å². The van der Waals surface area contributed by atoms with Crippen LogP contribution in [0.15, 0.2) is 30.3 Å². The predicted octanol–water partition coefficient (Wildman–Crippen LogP) is 0.756. The number of benzene rings is 1. The molecule has 1 aromatic carbocycles. The Morgan fingerprint density at radius 2 is 1.87 bits per heavy atom. The molecule has 1 aromatic rings. The second-order valence-electron chi connectivity index (χ2n) is 3.77. The van der Waals surface area contributed by atoms with Gasteiger partial charge in [-0.3, -0.25) is 0 Å². The zero-order chi connectivity index (χ0) is 11.3. The van der Waals surface area contributed by atoms with Gasteiger partial charge in [-0.05, 0) is 17.9 Å². The van der Waals surface area contributed by atoms with Gasteiger partial charge in [0.15, 0.2) is 0 Å². The standard InChI is InChI=1S/C11H15B2NO/c1-14(11(12,13)9-15-2)8-10-6-4-3-5-7-10/h3-7H,8-9H2,1-2H3. The number of rotatable bonds is 5. The molecule has 0 N–H and O–H groups in total. The summed E-state index contributed by atoms with van der Waals surface area (Å²) in [6.07, 6.45) is 0. The fraction of sp³-hybridized carbons (Fsp3) is 0.455. The normalized spacial score (nSPS) is 11.9. The Bertz CT molecular complexity index is 290. The molecule has 15 heavy (non-hydrogen) atoms. The van der Waals surface area contributed by atoms with Gasteiger partial charge in [0.25, 0.3) is 0 Å².